The Bertz CT molecular complexity index is 1350. The van der Waals surface area contributed by atoms with Gasteiger partial charge in [-0.15, -0.1) is 0 Å². The number of esters is 1. The number of imidazole rings is 1. The van der Waals surface area contributed by atoms with Crippen LogP contribution >= 0.6 is 0 Å². The number of ether oxygens (including phenoxy) is 1. The van der Waals surface area contributed by atoms with Gasteiger partial charge in [0.15, 0.2) is 5.69 Å². The average Bonchev–Trinajstić information content (AvgIpc) is 3.11. The van der Waals surface area contributed by atoms with Gasteiger partial charge in [0, 0.05) is 18.5 Å². The van der Waals surface area contributed by atoms with E-state index in [1.54, 1.807) is 28.8 Å². The molecule has 4 aromatic rings. The zero-order valence-corrected chi connectivity index (χ0v) is 17.3. The molecule has 0 unspecified atom stereocenters. The molecule has 2 aromatic carbocycles. The molecule has 2 heterocycles. The van der Waals surface area contributed by atoms with Gasteiger partial charge in [-0.1, -0.05) is 43.7 Å². The van der Waals surface area contributed by atoms with Crippen LogP contribution in [0.15, 0.2) is 58.1 Å². The monoisotopic (exact) mass is 420 g/mol. The second-order valence-corrected chi connectivity index (χ2v) is 7.36. The number of nitrogens with zero attached hydrogens (tertiary/aromatic N) is 3. The van der Waals surface area contributed by atoms with Gasteiger partial charge in [0.1, 0.15) is 0 Å². The number of para-hydroxylation sites is 2. The number of unbranched alkanes of at least 4 members (excludes halogenated alkanes) is 1. The zero-order valence-electron chi connectivity index (χ0n) is 17.3. The summed E-state index contributed by atoms with van der Waals surface area (Å²) in [5.41, 5.74) is 1.32. The molecule has 160 valence electrons. The van der Waals surface area contributed by atoms with Crippen LogP contribution < -0.4 is 11.2 Å². The molecule has 0 radical (unpaired) electrons. The van der Waals surface area contributed by atoms with Gasteiger partial charge in [0.05, 0.1) is 23.0 Å². The first kappa shape index (κ1) is 20.6. The summed E-state index contributed by atoms with van der Waals surface area (Å²) in [6.07, 6.45) is 2.17. The quantitative estimate of drug-likeness (QED) is 0.349. The van der Waals surface area contributed by atoms with Crippen molar-refractivity contribution in [2.75, 3.05) is 6.61 Å². The summed E-state index contributed by atoms with van der Waals surface area (Å²) in [4.78, 5) is 40.4. The minimum Gasteiger partial charge on any atom is -0.461 e. The molecule has 8 heteroatoms. The molecule has 1 N–H and O–H groups in total. The third kappa shape index (κ3) is 4.14. The second-order valence-electron chi connectivity index (χ2n) is 7.36. The number of benzene rings is 2. The van der Waals surface area contributed by atoms with E-state index in [0.29, 0.717) is 30.3 Å². The van der Waals surface area contributed by atoms with Gasteiger partial charge >= 0.3 is 11.7 Å². The van der Waals surface area contributed by atoms with E-state index in [9.17, 15) is 14.4 Å². The van der Waals surface area contributed by atoms with E-state index in [1.807, 2.05) is 31.2 Å². The van der Waals surface area contributed by atoms with Crippen molar-refractivity contribution < 1.29 is 9.53 Å². The van der Waals surface area contributed by atoms with Gasteiger partial charge < -0.3 is 9.72 Å². The van der Waals surface area contributed by atoms with Crippen molar-refractivity contribution >= 4 is 27.8 Å². The van der Waals surface area contributed by atoms with Gasteiger partial charge in [0.2, 0.25) is 0 Å². The maximum Gasteiger partial charge on any atom is 0.359 e. The summed E-state index contributed by atoms with van der Waals surface area (Å²) in [5, 5.41) is 5.23. The van der Waals surface area contributed by atoms with E-state index in [4.69, 9.17) is 4.74 Å². The van der Waals surface area contributed by atoms with Crippen LogP contribution in [0.4, 0.5) is 0 Å². The van der Waals surface area contributed by atoms with E-state index in [2.05, 4.69) is 10.1 Å². The fraction of sp³-hybridized carbons (Fsp3) is 0.304. The fourth-order valence-corrected chi connectivity index (χ4v) is 3.63. The minimum atomic E-state index is -0.576. The Morgan fingerprint density at radius 2 is 1.74 bits per heavy atom. The highest BCUT2D eigenvalue weighted by Crippen LogP contribution is 2.15. The van der Waals surface area contributed by atoms with Crippen LogP contribution in [-0.4, -0.2) is 31.9 Å². The molecule has 4 rings (SSSR count). The van der Waals surface area contributed by atoms with Gasteiger partial charge in [-0.3, -0.25) is 9.36 Å². The Balaban J connectivity index is 1.49. The summed E-state index contributed by atoms with van der Waals surface area (Å²) < 4.78 is 8.41. The molecule has 8 nitrogen and oxygen atoms in total. The average molecular weight is 420 g/mol. The number of fused-ring (bicyclic) bond motifs is 2. The van der Waals surface area contributed by atoms with Crippen LogP contribution in [0.3, 0.4) is 0 Å². The van der Waals surface area contributed by atoms with Crippen molar-refractivity contribution in [3.8, 4) is 0 Å². The maximum absolute atomic E-state index is 12.8. The molecule has 0 spiro atoms. The van der Waals surface area contributed by atoms with E-state index < -0.39 is 5.97 Å². The molecule has 0 aliphatic rings. The van der Waals surface area contributed by atoms with Crippen LogP contribution in [0.1, 0.15) is 36.7 Å². The zero-order chi connectivity index (χ0) is 21.8. The van der Waals surface area contributed by atoms with E-state index in [1.165, 1.54) is 4.68 Å². The number of aromatic amines is 1. The van der Waals surface area contributed by atoms with Crippen molar-refractivity contribution in [1.82, 2.24) is 19.3 Å². The summed E-state index contributed by atoms with van der Waals surface area (Å²) >= 11 is 0. The van der Waals surface area contributed by atoms with Gasteiger partial charge in [-0.05, 0) is 31.0 Å². The van der Waals surface area contributed by atoms with E-state index in [0.717, 1.165) is 23.9 Å². The molecule has 0 atom stereocenters. The summed E-state index contributed by atoms with van der Waals surface area (Å²) in [7, 11) is 0. The molecular weight excluding hydrogens is 396 g/mol. The third-order valence-electron chi connectivity index (χ3n) is 5.23. The lowest BCUT2D eigenvalue weighted by Crippen LogP contribution is -2.26. The first-order valence-corrected chi connectivity index (χ1v) is 10.4. The topological polar surface area (TPSA) is 99.0 Å². The first-order valence-electron chi connectivity index (χ1n) is 10.4. The lowest BCUT2D eigenvalue weighted by atomic mass is 10.1. The van der Waals surface area contributed by atoms with Gasteiger partial charge in [-0.2, -0.15) is 5.10 Å². The molecule has 31 heavy (non-hydrogen) atoms. The Kier molecular flexibility index (Phi) is 5.97. The number of hydrogen-bond acceptors (Lipinski definition) is 5. The highest BCUT2D eigenvalue weighted by molar-refractivity contribution is 6.02. The smallest absolute Gasteiger partial charge is 0.359 e. The lowest BCUT2D eigenvalue weighted by Gasteiger charge is -2.11. The SMILES string of the molecule is CCCCn1nc(C(=O)OCCCn2c(=O)[nH]c3ccccc32)c2ccccc2c1=O. The lowest BCUT2D eigenvalue weighted by molar-refractivity contribution is 0.0488. The van der Waals surface area contributed by atoms with Gasteiger partial charge in [-0.25, -0.2) is 14.3 Å². The molecule has 0 saturated carbocycles. The summed E-state index contributed by atoms with van der Waals surface area (Å²) in [6, 6.07) is 14.4. The van der Waals surface area contributed by atoms with Crippen molar-refractivity contribution in [3.05, 3.63) is 75.1 Å². The van der Waals surface area contributed by atoms with Crippen molar-refractivity contribution in [1.29, 1.82) is 0 Å². The number of carbonyl (C=O) groups excluding carboxylic acids is 1. The van der Waals surface area contributed by atoms with Crippen molar-refractivity contribution in [2.45, 2.75) is 39.3 Å². The molecule has 0 saturated heterocycles. The van der Waals surface area contributed by atoms with Crippen molar-refractivity contribution in [3.63, 3.8) is 0 Å². The minimum absolute atomic E-state index is 0.134. The second kappa shape index (κ2) is 8.99. The largest absolute Gasteiger partial charge is 0.461 e. The standard InChI is InChI=1S/C23H24N4O4/c1-2-3-14-27-21(28)17-10-5-4-9-16(17)20(25-27)22(29)31-15-8-13-26-19-12-7-6-11-18(19)24-23(26)30/h4-7,9-12H,2-3,8,13-15H2,1H3,(H,24,30). The number of aromatic nitrogens is 4. The van der Waals surface area contributed by atoms with Crippen LogP contribution in [-0.2, 0) is 17.8 Å². The highest BCUT2D eigenvalue weighted by atomic mass is 16.5. The van der Waals surface area contributed by atoms with E-state index in [-0.39, 0.29) is 23.5 Å². The van der Waals surface area contributed by atoms with Crippen LogP contribution in [0, 0.1) is 0 Å². The first-order chi connectivity index (χ1) is 15.1. The summed E-state index contributed by atoms with van der Waals surface area (Å²) in [5.74, 6) is -0.576. The Labute approximate surface area is 178 Å². The fourth-order valence-electron chi connectivity index (χ4n) is 3.63. The molecule has 0 bridgehead atoms. The normalized spacial score (nSPS) is 11.3. The van der Waals surface area contributed by atoms with Crippen LogP contribution in [0.2, 0.25) is 0 Å². The number of H-pyrrole nitrogens is 1. The number of aryl methyl sites for hydroxylation is 2. The Morgan fingerprint density at radius 1 is 1.00 bits per heavy atom. The predicted octanol–water partition coefficient (Wildman–Crippen LogP) is 3.09. The predicted molar refractivity (Wildman–Crippen MR) is 118 cm³/mol. The van der Waals surface area contributed by atoms with Gasteiger partial charge in [0.25, 0.3) is 5.56 Å². The molecular formula is C23H24N4O4. The highest BCUT2D eigenvalue weighted by Gasteiger charge is 2.18. The van der Waals surface area contributed by atoms with E-state index >= 15 is 0 Å². The molecule has 0 fully saturated rings. The number of nitrogens with one attached hydrogen (secondary N) is 1. The molecule has 2 aromatic heterocycles. The number of hydrogen-bond donors (Lipinski definition) is 1. The molecule has 0 aliphatic heterocycles. The molecule has 0 aliphatic carbocycles. The summed E-state index contributed by atoms with van der Waals surface area (Å²) in [6.45, 7) is 3.03. The Morgan fingerprint density at radius 3 is 2.55 bits per heavy atom. The third-order valence-corrected chi connectivity index (χ3v) is 5.23. The van der Waals surface area contributed by atoms with Crippen LogP contribution in [0.5, 0.6) is 0 Å². The van der Waals surface area contributed by atoms with Crippen molar-refractivity contribution in [2.24, 2.45) is 0 Å². The maximum atomic E-state index is 12.8. The number of carbonyl (C=O) groups is 1. The van der Waals surface area contributed by atoms with Crippen LogP contribution in [0.25, 0.3) is 21.8 Å². The number of rotatable bonds is 8. The Hall–Kier alpha value is -3.68. The molecule has 0 amide bonds.